The van der Waals surface area contributed by atoms with Gasteiger partial charge in [-0.2, -0.15) is 0 Å². The van der Waals surface area contributed by atoms with Gasteiger partial charge in [0.05, 0.1) is 13.2 Å². The van der Waals surface area contributed by atoms with Crippen LogP contribution >= 0.6 is 0 Å². The molecule has 0 spiro atoms. The Labute approximate surface area is 131 Å². The van der Waals surface area contributed by atoms with E-state index in [1.54, 1.807) is 0 Å². The van der Waals surface area contributed by atoms with Gasteiger partial charge in [-0.25, -0.2) is 0 Å². The Morgan fingerprint density at radius 3 is 2.05 bits per heavy atom. The quantitative estimate of drug-likeness (QED) is 0.629. The van der Waals surface area contributed by atoms with Crippen molar-refractivity contribution in [2.45, 2.75) is 46.6 Å². The van der Waals surface area contributed by atoms with Crippen molar-refractivity contribution in [2.75, 3.05) is 46.1 Å². The summed E-state index contributed by atoms with van der Waals surface area (Å²) in [5.74, 6) is 2.08. The first-order valence-electron chi connectivity index (χ1n) is 8.71. The maximum atomic E-state index is 6.43. The van der Waals surface area contributed by atoms with Crippen molar-refractivity contribution < 1.29 is 9.47 Å². The molecule has 2 N–H and O–H groups in total. The molecule has 1 saturated carbocycles. The van der Waals surface area contributed by atoms with Crippen LogP contribution in [0.1, 0.15) is 40.5 Å². The summed E-state index contributed by atoms with van der Waals surface area (Å²) in [6.45, 7) is 15.0. The molecule has 0 aromatic heterocycles. The summed E-state index contributed by atoms with van der Waals surface area (Å²) in [6.07, 6.45) is 2.48. The van der Waals surface area contributed by atoms with E-state index in [2.05, 4.69) is 18.7 Å². The third-order valence-electron chi connectivity index (χ3n) is 4.71. The van der Waals surface area contributed by atoms with Crippen LogP contribution in [0.25, 0.3) is 0 Å². The largest absolute Gasteiger partial charge is 0.380 e. The van der Waals surface area contributed by atoms with E-state index in [1.807, 2.05) is 13.8 Å². The highest BCUT2D eigenvalue weighted by Gasteiger charge is 2.32. The minimum absolute atomic E-state index is 0.338. The number of rotatable bonds is 10. The van der Waals surface area contributed by atoms with Crippen LogP contribution in [0.2, 0.25) is 0 Å². The molecule has 1 aliphatic rings. The number of nitrogens with zero attached hydrogens (tertiary/aromatic N) is 1. The highest BCUT2D eigenvalue weighted by Crippen LogP contribution is 2.33. The van der Waals surface area contributed by atoms with Crippen molar-refractivity contribution >= 4 is 0 Å². The van der Waals surface area contributed by atoms with Gasteiger partial charge in [0.25, 0.3) is 0 Å². The van der Waals surface area contributed by atoms with Gasteiger partial charge in [0, 0.05) is 38.9 Å². The molecule has 4 unspecified atom stereocenters. The van der Waals surface area contributed by atoms with Gasteiger partial charge in [-0.05, 0) is 44.4 Å². The first-order valence-corrected chi connectivity index (χ1v) is 8.71. The van der Waals surface area contributed by atoms with Gasteiger partial charge in [0.2, 0.25) is 0 Å². The SMILES string of the molecule is CCOCCN(CCOCC)CC1C(C)CC(C)CC1N. The maximum absolute atomic E-state index is 6.43. The van der Waals surface area contributed by atoms with E-state index < -0.39 is 0 Å². The Balaban J connectivity index is 2.48. The molecular formula is C17H36N2O2. The lowest BCUT2D eigenvalue weighted by Crippen LogP contribution is -2.47. The zero-order chi connectivity index (χ0) is 15.7. The predicted molar refractivity (Wildman–Crippen MR) is 88.5 cm³/mol. The minimum atomic E-state index is 0.338. The second-order valence-corrected chi connectivity index (χ2v) is 6.58. The normalized spacial score (nSPS) is 30.0. The Hall–Kier alpha value is -0.160. The van der Waals surface area contributed by atoms with Gasteiger partial charge in [-0.15, -0.1) is 0 Å². The molecule has 1 aliphatic carbocycles. The molecule has 4 nitrogen and oxygen atoms in total. The van der Waals surface area contributed by atoms with E-state index in [9.17, 15) is 0 Å². The Kier molecular flexibility index (Phi) is 9.49. The smallest absolute Gasteiger partial charge is 0.0593 e. The fourth-order valence-electron chi connectivity index (χ4n) is 3.55. The third-order valence-corrected chi connectivity index (χ3v) is 4.71. The second kappa shape index (κ2) is 10.5. The molecule has 0 bridgehead atoms. The summed E-state index contributed by atoms with van der Waals surface area (Å²) < 4.78 is 11.0. The summed E-state index contributed by atoms with van der Waals surface area (Å²) >= 11 is 0. The van der Waals surface area contributed by atoms with Crippen LogP contribution in [-0.4, -0.2) is 57.0 Å². The molecule has 1 rings (SSSR count). The summed E-state index contributed by atoms with van der Waals surface area (Å²) in [5, 5.41) is 0. The van der Waals surface area contributed by atoms with Crippen LogP contribution in [-0.2, 0) is 9.47 Å². The number of hydrogen-bond acceptors (Lipinski definition) is 4. The van der Waals surface area contributed by atoms with E-state index in [1.165, 1.54) is 12.8 Å². The van der Waals surface area contributed by atoms with Crippen molar-refractivity contribution in [2.24, 2.45) is 23.5 Å². The van der Waals surface area contributed by atoms with Crippen molar-refractivity contribution in [3.05, 3.63) is 0 Å². The zero-order valence-corrected chi connectivity index (χ0v) is 14.5. The Bertz CT molecular complexity index is 241. The summed E-state index contributed by atoms with van der Waals surface area (Å²) in [5.41, 5.74) is 6.43. The zero-order valence-electron chi connectivity index (χ0n) is 14.5. The second-order valence-electron chi connectivity index (χ2n) is 6.58. The molecule has 0 amide bonds. The molecule has 0 aromatic rings. The van der Waals surface area contributed by atoms with Crippen molar-refractivity contribution in [1.82, 2.24) is 4.90 Å². The number of hydrogen-bond donors (Lipinski definition) is 1. The lowest BCUT2D eigenvalue weighted by molar-refractivity contribution is 0.0563. The van der Waals surface area contributed by atoms with Crippen LogP contribution in [0, 0.1) is 17.8 Å². The van der Waals surface area contributed by atoms with E-state index in [0.29, 0.717) is 17.9 Å². The topological polar surface area (TPSA) is 47.7 Å². The first-order chi connectivity index (χ1) is 10.1. The van der Waals surface area contributed by atoms with Crippen LogP contribution in [0.15, 0.2) is 0 Å². The lowest BCUT2D eigenvalue weighted by atomic mass is 9.72. The standard InChI is InChI=1S/C17H36N2O2/c1-5-20-9-7-19(8-10-21-6-2)13-16-15(4)11-14(3)12-17(16)18/h14-17H,5-13,18H2,1-4H3. The van der Waals surface area contributed by atoms with Crippen molar-refractivity contribution in [1.29, 1.82) is 0 Å². The Morgan fingerprint density at radius 1 is 1.00 bits per heavy atom. The van der Waals surface area contributed by atoms with Gasteiger partial charge < -0.3 is 15.2 Å². The molecule has 0 heterocycles. The van der Waals surface area contributed by atoms with Crippen molar-refractivity contribution in [3.63, 3.8) is 0 Å². The van der Waals surface area contributed by atoms with Gasteiger partial charge in [0.1, 0.15) is 0 Å². The first kappa shape index (κ1) is 18.9. The number of ether oxygens (including phenoxy) is 2. The lowest BCUT2D eigenvalue weighted by Gasteiger charge is -2.40. The fourth-order valence-corrected chi connectivity index (χ4v) is 3.55. The molecule has 0 saturated heterocycles. The monoisotopic (exact) mass is 300 g/mol. The molecule has 0 radical (unpaired) electrons. The average molecular weight is 300 g/mol. The molecule has 0 aromatic carbocycles. The summed E-state index contributed by atoms with van der Waals surface area (Å²) in [4.78, 5) is 2.47. The molecule has 4 atom stereocenters. The van der Waals surface area contributed by atoms with Crippen LogP contribution < -0.4 is 5.73 Å². The molecule has 4 heteroatoms. The molecule has 1 fully saturated rings. The van der Waals surface area contributed by atoms with Crippen LogP contribution in [0.3, 0.4) is 0 Å². The summed E-state index contributed by atoms with van der Waals surface area (Å²) in [6, 6.07) is 0.338. The van der Waals surface area contributed by atoms with Gasteiger partial charge >= 0.3 is 0 Å². The third kappa shape index (κ3) is 7.09. The molecular weight excluding hydrogens is 264 g/mol. The van der Waals surface area contributed by atoms with E-state index in [-0.39, 0.29) is 0 Å². The molecule has 126 valence electrons. The number of nitrogens with two attached hydrogens (primary N) is 1. The van der Waals surface area contributed by atoms with E-state index in [4.69, 9.17) is 15.2 Å². The minimum Gasteiger partial charge on any atom is -0.380 e. The molecule has 0 aliphatic heterocycles. The fraction of sp³-hybridized carbons (Fsp3) is 1.00. The predicted octanol–water partition coefficient (Wildman–Crippen LogP) is 2.37. The average Bonchev–Trinajstić information content (AvgIpc) is 2.42. The van der Waals surface area contributed by atoms with Crippen molar-refractivity contribution in [3.8, 4) is 0 Å². The summed E-state index contributed by atoms with van der Waals surface area (Å²) in [7, 11) is 0. The van der Waals surface area contributed by atoms with E-state index >= 15 is 0 Å². The van der Waals surface area contributed by atoms with Gasteiger partial charge in [-0.1, -0.05) is 13.8 Å². The van der Waals surface area contributed by atoms with Gasteiger partial charge in [-0.3, -0.25) is 4.90 Å². The van der Waals surface area contributed by atoms with Crippen LogP contribution in [0.4, 0.5) is 0 Å². The van der Waals surface area contributed by atoms with Gasteiger partial charge in [0.15, 0.2) is 0 Å². The van der Waals surface area contributed by atoms with Crippen LogP contribution in [0.5, 0.6) is 0 Å². The Morgan fingerprint density at radius 2 is 1.57 bits per heavy atom. The maximum Gasteiger partial charge on any atom is 0.0593 e. The molecule has 21 heavy (non-hydrogen) atoms. The van der Waals surface area contributed by atoms with E-state index in [0.717, 1.165) is 52.0 Å². The highest BCUT2D eigenvalue weighted by atomic mass is 16.5. The highest BCUT2D eigenvalue weighted by molar-refractivity contribution is 4.87.